The van der Waals surface area contributed by atoms with Crippen molar-refractivity contribution in [2.45, 2.75) is 49.5 Å². The molecule has 1 aliphatic rings. The van der Waals surface area contributed by atoms with Crippen molar-refractivity contribution in [2.75, 3.05) is 33.0 Å². The van der Waals surface area contributed by atoms with Gasteiger partial charge in [0.25, 0.3) is 0 Å². The Morgan fingerprint density at radius 1 is 1.00 bits per heavy atom. The van der Waals surface area contributed by atoms with Gasteiger partial charge in [-0.3, -0.25) is 9.69 Å². The van der Waals surface area contributed by atoms with Crippen LogP contribution in [0.2, 0.25) is 0 Å². The van der Waals surface area contributed by atoms with Crippen LogP contribution in [0.15, 0.2) is 53.4 Å². The summed E-state index contributed by atoms with van der Waals surface area (Å²) in [6.07, 6.45) is 4.40. The number of carbonyl (C=O) groups is 1. The van der Waals surface area contributed by atoms with E-state index in [1.165, 1.54) is 30.0 Å². The van der Waals surface area contributed by atoms with Crippen molar-refractivity contribution in [2.24, 2.45) is 0 Å². The predicted octanol–water partition coefficient (Wildman–Crippen LogP) is 3.84. The van der Waals surface area contributed by atoms with Crippen molar-refractivity contribution >= 4 is 21.6 Å². The first kappa shape index (κ1) is 23.4. The van der Waals surface area contributed by atoms with Gasteiger partial charge < -0.3 is 5.32 Å². The largest absolute Gasteiger partial charge is 0.325 e. The van der Waals surface area contributed by atoms with E-state index in [0.29, 0.717) is 23.2 Å². The quantitative estimate of drug-likeness (QED) is 0.706. The minimum Gasteiger partial charge on any atom is -0.325 e. The van der Waals surface area contributed by atoms with Gasteiger partial charge >= 0.3 is 0 Å². The molecule has 3 rings (SSSR count). The maximum atomic E-state index is 12.6. The van der Waals surface area contributed by atoms with Gasteiger partial charge in [-0.2, -0.15) is 0 Å². The molecule has 0 atom stereocenters. The molecule has 2 aromatic rings. The van der Waals surface area contributed by atoms with Crippen molar-refractivity contribution in [3.05, 3.63) is 59.7 Å². The zero-order chi connectivity index (χ0) is 22.6. The number of nitrogens with zero attached hydrogens (tertiary/aromatic N) is 2. The summed E-state index contributed by atoms with van der Waals surface area (Å²) in [4.78, 5) is 14.9. The maximum Gasteiger partial charge on any atom is 0.242 e. The van der Waals surface area contributed by atoms with Crippen LogP contribution in [0.3, 0.4) is 0 Å². The standard InChI is InChI=1S/C24H33N3O3S/c1-18-10-13-21(16-23(18)31(29,30)26(2)3)25-24(28)17-27(4)22-14-11-20(12-15-22)19-8-6-5-7-9-19/h5-10,13,16,20,22H,11-12,14-15,17H2,1-4H3,(H,25,28). The Hall–Kier alpha value is -2.22. The highest BCUT2D eigenvalue weighted by Gasteiger charge is 2.26. The first-order chi connectivity index (χ1) is 14.7. The Morgan fingerprint density at radius 2 is 1.65 bits per heavy atom. The molecular formula is C24H33N3O3S. The van der Waals surface area contributed by atoms with Crippen LogP contribution >= 0.6 is 0 Å². The lowest BCUT2D eigenvalue weighted by Gasteiger charge is -2.34. The molecule has 0 heterocycles. The number of amides is 1. The molecule has 1 saturated carbocycles. The van der Waals surface area contributed by atoms with E-state index in [4.69, 9.17) is 0 Å². The number of rotatable bonds is 7. The zero-order valence-corrected chi connectivity index (χ0v) is 19.7. The predicted molar refractivity (Wildman–Crippen MR) is 125 cm³/mol. The van der Waals surface area contributed by atoms with E-state index >= 15 is 0 Å². The Balaban J connectivity index is 1.56. The number of aryl methyl sites for hydroxylation is 1. The third-order valence-electron chi connectivity index (χ3n) is 6.21. The smallest absolute Gasteiger partial charge is 0.242 e. The summed E-state index contributed by atoms with van der Waals surface area (Å²) in [7, 11) is 1.43. The number of hydrogen-bond acceptors (Lipinski definition) is 4. The maximum absolute atomic E-state index is 12.6. The molecule has 7 heteroatoms. The molecule has 31 heavy (non-hydrogen) atoms. The highest BCUT2D eigenvalue weighted by molar-refractivity contribution is 7.89. The molecule has 6 nitrogen and oxygen atoms in total. The van der Waals surface area contributed by atoms with Gasteiger partial charge in [-0.05, 0) is 68.8 Å². The second-order valence-electron chi connectivity index (χ2n) is 8.65. The highest BCUT2D eigenvalue weighted by Crippen LogP contribution is 2.34. The fourth-order valence-electron chi connectivity index (χ4n) is 4.28. The lowest BCUT2D eigenvalue weighted by molar-refractivity contribution is -0.117. The van der Waals surface area contributed by atoms with Gasteiger partial charge in [-0.1, -0.05) is 36.4 Å². The number of benzene rings is 2. The summed E-state index contributed by atoms with van der Waals surface area (Å²) in [5, 5.41) is 2.86. The molecule has 0 unspecified atom stereocenters. The third kappa shape index (κ3) is 5.73. The van der Waals surface area contributed by atoms with Crippen LogP contribution in [0.4, 0.5) is 5.69 Å². The van der Waals surface area contributed by atoms with E-state index < -0.39 is 10.0 Å². The number of likely N-dealkylation sites (N-methyl/N-ethyl adjacent to an activating group) is 1. The van der Waals surface area contributed by atoms with Crippen LogP contribution in [0.1, 0.15) is 42.7 Å². The van der Waals surface area contributed by atoms with Gasteiger partial charge in [0, 0.05) is 25.8 Å². The van der Waals surface area contributed by atoms with Crippen LogP contribution in [0.25, 0.3) is 0 Å². The first-order valence-corrected chi connectivity index (χ1v) is 12.2. The summed E-state index contributed by atoms with van der Waals surface area (Å²) in [6, 6.07) is 16.0. The normalized spacial score (nSPS) is 19.5. The molecule has 1 fully saturated rings. The molecule has 1 aliphatic carbocycles. The monoisotopic (exact) mass is 443 g/mol. The van der Waals surface area contributed by atoms with E-state index in [1.54, 1.807) is 19.1 Å². The van der Waals surface area contributed by atoms with Gasteiger partial charge in [-0.15, -0.1) is 0 Å². The van der Waals surface area contributed by atoms with Crippen LogP contribution < -0.4 is 5.32 Å². The molecule has 0 saturated heterocycles. The molecule has 0 aliphatic heterocycles. The number of nitrogens with one attached hydrogen (secondary N) is 1. The highest BCUT2D eigenvalue weighted by atomic mass is 32.2. The van der Waals surface area contributed by atoms with Crippen molar-refractivity contribution < 1.29 is 13.2 Å². The van der Waals surface area contributed by atoms with E-state index in [0.717, 1.165) is 25.7 Å². The van der Waals surface area contributed by atoms with E-state index in [2.05, 4.69) is 40.5 Å². The molecule has 0 radical (unpaired) electrons. The minimum atomic E-state index is -3.56. The summed E-state index contributed by atoms with van der Waals surface area (Å²) in [5.41, 5.74) is 2.56. The topological polar surface area (TPSA) is 69.7 Å². The van der Waals surface area contributed by atoms with Crippen molar-refractivity contribution in [3.63, 3.8) is 0 Å². The minimum absolute atomic E-state index is 0.135. The zero-order valence-electron chi connectivity index (χ0n) is 18.8. The van der Waals surface area contributed by atoms with Gasteiger partial charge in [0.2, 0.25) is 15.9 Å². The van der Waals surface area contributed by atoms with Crippen LogP contribution in [0.5, 0.6) is 0 Å². The van der Waals surface area contributed by atoms with E-state index in [-0.39, 0.29) is 17.3 Å². The summed E-state index contributed by atoms with van der Waals surface area (Å²) in [6.45, 7) is 2.03. The Morgan fingerprint density at radius 3 is 2.26 bits per heavy atom. The Kier molecular flexibility index (Phi) is 7.51. The first-order valence-electron chi connectivity index (χ1n) is 10.8. The molecule has 1 amide bonds. The summed E-state index contributed by atoms with van der Waals surface area (Å²) in [5.74, 6) is 0.467. The lowest BCUT2D eigenvalue weighted by atomic mass is 9.81. The second-order valence-corrected chi connectivity index (χ2v) is 10.8. The van der Waals surface area contributed by atoms with Crippen LogP contribution in [0, 0.1) is 6.92 Å². The SMILES string of the molecule is Cc1ccc(NC(=O)CN(C)C2CCC(c3ccccc3)CC2)cc1S(=O)(=O)N(C)C. The van der Waals surface area contributed by atoms with Crippen LogP contribution in [-0.2, 0) is 14.8 Å². The molecular weight excluding hydrogens is 410 g/mol. The Labute approximate surface area is 186 Å². The van der Waals surface area contributed by atoms with Gasteiger partial charge in [-0.25, -0.2) is 12.7 Å². The summed E-state index contributed by atoms with van der Waals surface area (Å²) >= 11 is 0. The van der Waals surface area contributed by atoms with Crippen LogP contribution in [-0.4, -0.2) is 57.3 Å². The number of carbonyl (C=O) groups excluding carboxylic acids is 1. The fraction of sp³-hybridized carbons (Fsp3) is 0.458. The van der Waals surface area contributed by atoms with Gasteiger partial charge in [0.15, 0.2) is 0 Å². The molecule has 1 N–H and O–H groups in total. The molecule has 0 bridgehead atoms. The van der Waals surface area contributed by atoms with Gasteiger partial charge in [0.1, 0.15) is 0 Å². The second kappa shape index (κ2) is 9.94. The Bertz CT molecular complexity index is 998. The molecule has 2 aromatic carbocycles. The summed E-state index contributed by atoms with van der Waals surface area (Å²) < 4.78 is 26.2. The molecule has 0 spiro atoms. The molecule has 0 aromatic heterocycles. The third-order valence-corrected chi connectivity index (χ3v) is 8.17. The van der Waals surface area contributed by atoms with Crippen molar-refractivity contribution in [1.82, 2.24) is 9.21 Å². The van der Waals surface area contributed by atoms with Crippen molar-refractivity contribution in [1.29, 1.82) is 0 Å². The lowest BCUT2D eigenvalue weighted by Crippen LogP contribution is -2.39. The molecule has 168 valence electrons. The van der Waals surface area contributed by atoms with E-state index in [1.807, 2.05) is 7.05 Å². The average molecular weight is 444 g/mol. The number of hydrogen-bond donors (Lipinski definition) is 1. The van der Waals surface area contributed by atoms with E-state index in [9.17, 15) is 13.2 Å². The average Bonchev–Trinajstić information content (AvgIpc) is 2.75. The number of sulfonamides is 1. The fourth-order valence-corrected chi connectivity index (χ4v) is 5.43. The van der Waals surface area contributed by atoms with Gasteiger partial charge in [0.05, 0.1) is 11.4 Å². The van der Waals surface area contributed by atoms with Crippen molar-refractivity contribution in [3.8, 4) is 0 Å². The number of anilines is 1.